The molecule has 1 aromatic carbocycles. The van der Waals surface area contributed by atoms with Crippen LogP contribution in [0.15, 0.2) is 16.6 Å². The van der Waals surface area contributed by atoms with Gasteiger partial charge in [0.2, 0.25) is 0 Å². The molecule has 1 aliphatic rings. The van der Waals surface area contributed by atoms with Crippen LogP contribution < -0.4 is 4.90 Å². The van der Waals surface area contributed by atoms with E-state index < -0.39 is 0 Å². The smallest absolute Gasteiger partial charge is 0.0540 e. The lowest BCUT2D eigenvalue weighted by Gasteiger charge is -2.34. The van der Waals surface area contributed by atoms with Gasteiger partial charge in [-0.25, -0.2) is 0 Å². The van der Waals surface area contributed by atoms with Crippen LogP contribution in [0, 0.1) is 19.8 Å². The van der Waals surface area contributed by atoms with Crippen LogP contribution in [0.2, 0.25) is 0 Å². The van der Waals surface area contributed by atoms with Crippen molar-refractivity contribution in [2.75, 3.05) is 18.0 Å². The summed E-state index contributed by atoms with van der Waals surface area (Å²) < 4.78 is 1.25. The third kappa shape index (κ3) is 2.42. The van der Waals surface area contributed by atoms with Crippen LogP contribution in [0.25, 0.3) is 0 Å². The highest BCUT2D eigenvalue weighted by atomic mass is 79.9. The van der Waals surface area contributed by atoms with Gasteiger partial charge in [0.1, 0.15) is 0 Å². The summed E-state index contributed by atoms with van der Waals surface area (Å²) in [6, 6.07) is 4.50. The van der Waals surface area contributed by atoms with Crippen molar-refractivity contribution in [2.24, 2.45) is 5.92 Å². The molecular weight excluding hydrogens is 262 g/mol. The van der Waals surface area contributed by atoms with Gasteiger partial charge in [-0.1, -0.05) is 13.0 Å². The van der Waals surface area contributed by atoms with Gasteiger partial charge in [-0.2, -0.15) is 0 Å². The maximum atomic E-state index is 3.71. The Balaban J connectivity index is 2.26. The Kier molecular flexibility index (Phi) is 3.58. The molecule has 1 fully saturated rings. The predicted molar refractivity (Wildman–Crippen MR) is 74.2 cm³/mol. The van der Waals surface area contributed by atoms with Crippen molar-refractivity contribution in [1.29, 1.82) is 0 Å². The molecule has 1 aliphatic heterocycles. The summed E-state index contributed by atoms with van der Waals surface area (Å²) >= 11 is 3.71. The second-order valence-electron chi connectivity index (χ2n) is 5.08. The topological polar surface area (TPSA) is 3.24 Å². The van der Waals surface area contributed by atoms with E-state index in [0.29, 0.717) is 0 Å². The zero-order chi connectivity index (χ0) is 11.7. The fraction of sp³-hybridized carbons (Fsp3) is 0.571. The highest BCUT2D eigenvalue weighted by Crippen LogP contribution is 2.33. The maximum absolute atomic E-state index is 3.71. The Morgan fingerprint density at radius 1 is 1.19 bits per heavy atom. The van der Waals surface area contributed by atoms with Gasteiger partial charge in [-0.05, 0) is 65.7 Å². The molecule has 0 amide bonds. The van der Waals surface area contributed by atoms with E-state index in [9.17, 15) is 0 Å². The van der Waals surface area contributed by atoms with Crippen LogP contribution in [0.3, 0.4) is 0 Å². The Morgan fingerprint density at radius 2 is 1.81 bits per heavy atom. The summed E-state index contributed by atoms with van der Waals surface area (Å²) in [6.07, 6.45) is 2.64. The average molecular weight is 282 g/mol. The summed E-state index contributed by atoms with van der Waals surface area (Å²) in [5, 5.41) is 0. The summed E-state index contributed by atoms with van der Waals surface area (Å²) in [5.74, 6) is 0.890. The Labute approximate surface area is 107 Å². The molecule has 0 unspecified atom stereocenters. The van der Waals surface area contributed by atoms with Gasteiger partial charge in [0, 0.05) is 17.6 Å². The number of aryl methyl sites for hydroxylation is 2. The SMILES string of the molecule is Cc1cc(C)c(N2CCC(C)CC2)c(Br)c1. The minimum absolute atomic E-state index is 0.890. The molecule has 16 heavy (non-hydrogen) atoms. The number of hydrogen-bond donors (Lipinski definition) is 0. The molecular formula is C14H20BrN. The number of benzene rings is 1. The van der Waals surface area contributed by atoms with Gasteiger partial charge in [0.25, 0.3) is 0 Å². The molecule has 0 aliphatic carbocycles. The first-order valence-corrected chi connectivity index (χ1v) is 6.89. The fourth-order valence-corrected chi connectivity index (χ4v) is 3.47. The molecule has 0 bridgehead atoms. The van der Waals surface area contributed by atoms with Crippen molar-refractivity contribution in [1.82, 2.24) is 0 Å². The van der Waals surface area contributed by atoms with Crippen molar-refractivity contribution < 1.29 is 0 Å². The van der Waals surface area contributed by atoms with E-state index in [1.807, 2.05) is 0 Å². The molecule has 1 aromatic rings. The molecule has 1 nitrogen and oxygen atoms in total. The van der Waals surface area contributed by atoms with E-state index in [1.54, 1.807) is 0 Å². The van der Waals surface area contributed by atoms with Crippen LogP contribution in [-0.4, -0.2) is 13.1 Å². The third-order valence-electron chi connectivity index (χ3n) is 3.50. The maximum Gasteiger partial charge on any atom is 0.0540 e. The van der Waals surface area contributed by atoms with Crippen LogP contribution in [-0.2, 0) is 0 Å². The third-order valence-corrected chi connectivity index (χ3v) is 4.10. The van der Waals surface area contributed by atoms with E-state index in [0.717, 1.165) is 5.92 Å². The average Bonchev–Trinajstić information content (AvgIpc) is 2.19. The lowest BCUT2D eigenvalue weighted by Crippen LogP contribution is -2.33. The van der Waals surface area contributed by atoms with Crippen molar-refractivity contribution in [3.8, 4) is 0 Å². The highest BCUT2D eigenvalue weighted by Gasteiger charge is 2.19. The van der Waals surface area contributed by atoms with Gasteiger partial charge in [0.05, 0.1) is 5.69 Å². The van der Waals surface area contributed by atoms with Crippen LogP contribution in [0.1, 0.15) is 30.9 Å². The summed E-state index contributed by atoms with van der Waals surface area (Å²) in [5.41, 5.74) is 4.12. The molecule has 0 radical (unpaired) electrons. The van der Waals surface area contributed by atoms with Crippen molar-refractivity contribution >= 4 is 21.6 Å². The van der Waals surface area contributed by atoms with Crippen molar-refractivity contribution in [3.05, 3.63) is 27.7 Å². The largest absolute Gasteiger partial charge is 0.370 e. The minimum Gasteiger partial charge on any atom is -0.370 e. The lowest BCUT2D eigenvalue weighted by atomic mass is 9.98. The summed E-state index contributed by atoms with van der Waals surface area (Å²) in [7, 11) is 0. The number of piperidine rings is 1. The summed E-state index contributed by atoms with van der Waals surface area (Å²) in [4.78, 5) is 2.53. The summed E-state index contributed by atoms with van der Waals surface area (Å²) in [6.45, 7) is 9.12. The van der Waals surface area contributed by atoms with E-state index in [4.69, 9.17) is 0 Å². The quantitative estimate of drug-likeness (QED) is 0.742. The monoisotopic (exact) mass is 281 g/mol. The van der Waals surface area contributed by atoms with Gasteiger partial charge in [-0.15, -0.1) is 0 Å². The zero-order valence-electron chi connectivity index (χ0n) is 10.4. The van der Waals surface area contributed by atoms with E-state index in [1.165, 1.54) is 47.2 Å². The van der Waals surface area contributed by atoms with Crippen molar-refractivity contribution in [2.45, 2.75) is 33.6 Å². The van der Waals surface area contributed by atoms with Gasteiger partial charge < -0.3 is 4.90 Å². The van der Waals surface area contributed by atoms with Gasteiger partial charge >= 0.3 is 0 Å². The molecule has 0 N–H and O–H groups in total. The standard InChI is InChI=1S/C14H20BrN/c1-10-4-6-16(7-5-10)14-12(3)8-11(2)9-13(14)15/h8-10H,4-7H2,1-3H3. The van der Waals surface area contributed by atoms with Gasteiger partial charge in [-0.3, -0.25) is 0 Å². The van der Waals surface area contributed by atoms with E-state index in [-0.39, 0.29) is 0 Å². The lowest BCUT2D eigenvalue weighted by molar-refractivity contribution is 0.438. The Bertz CT molecular complexity index is 355. The van der Waals surface area contributed by atoms with Crippen molar-refractivity contribution in [3.63, 3.8) is 0 Å². The molecule has 2 heteroatoms. The molecule has 2 rings (SSSR count). The molecule has 1 heterocycles. The fourth-order valence-electron chi connectivity index (χ4n) is 2.54. The Hall–Kier alpha value is -0.500. The first-order valence-electron chi connectivity index (χ1n) is 6.09. The first kappa shape index (κ1) is 12.0. The van der Waals surface area contributed by atoms with E-state index in [2.05, 4.69) is 53.7 Å². The van der Waals surface area contributed by atoms with Crippen LogP contribution in [0.5, 0.6) is 0 Å². The number of rotatable bonds is 1. The molecule has 88 valence electrons. The number of nitrogens with zero attached hydrogens (tertiary/aromatic N) is 1. The number of anilines is 1. The second-order valence-corrected chi connectivity index (χ2v) is 5.94. The molecule has 0 spiro atoms. The normalized spacial score (nSPS) is 17.9. The minimum atomic E-state index is 0.890. The van der Waals surface area contributed by atoms with Crippen LogP contribution >= 0.6 is 15.9 Å². The predicted octanol–water partition coefficient (Wildman–Crippen LogP) is 4.30. The van der Waals surface area contributed by atoms with Gasteiger partial charge in [0.15, 0.2) is 0 Å². The first-order chi connectivity index (χ1) is 7.58. The zero-order valence-corrected chi connectivity index (χ0v) is 12.0. The number of halogens is 1. The highest BCUT2D eigenvalue weighted by molar-refractivity contribution is 9.10. The second kappa shape index (κ2) is 4.79. The van der Waals surface area contributed by atoms with Crippen LogP contribution in [0.4, 0.5) is 5.69 Å². The molecule has 1 saturated heterocycles. The Morgan fingerprint density at radius 3 is 2.38 bits per heavy atom. The van der Waals surface area contributed by atoms with E-state index >= 15 is 0 Å². The number of hydrogen-bond acceptors (Lipinski definition) is 1. The molecule has 0 aromatic heterocycles. The molecule has 0 atom stereocenters. The molecule has 0 saturated carbocycles.